The van der Waals surface area contributed by atoms with E-state index in [0.29, 0.717) is 40.6 Å². The highest BCUT2D eigenvalue weighted by Crippen LogP contribution is 2.31. The number of nitrogens with one attached hydrogen (secondary N) is 1. The van der Waals surface area contributed by atoms with Crippen LogP contribution in [-0.2, 0) is 10.8 Å². The Morgan fingerprint density at radius 3 is 2.75 bits per heavy atom. The van der Waals surface area contributed by atoms with Crippen molar-refractivity contribution in [3.63, 3.8) is 0 Å². The van der Waals surface area contributed by atoms with Crippen LogP contribution in [0.2, 0.25) is 0 Å². The molecule has 0 spiro atoms. The average molecular weight is 407 g/mol. The van der Waals surface area contributed by atoms with Crippen LogP contribution in [0.1, 0.15) is 35.3 Å². The molecule has 0 bridgehead atoms. The number of carbonyl (C=O) groups is 1. The van der Waals surface area contributed by atoms with Gasteiger partial charge in [-0.2, -0.15) is 0 Å². The zero-order valence-electron chi connectivity index (χ0n) is 15.9. The fourth-order valence-corrected chi connectivity index (χ4v) is 3.75. The fourth-order valence-electron chi connectivity index (χ4n) is 3.19. The van der Waals surface area contributed by atoms with E-state index in [1.165, 1.54) is 0 Å². The van der Waals surface area contributed by atoms with Crippen LogP contribution in [0.5, 0.6) is 0 Å². The molecule has 28 heavy (non-hydrogen) atoms. The molecule has 2 heterocycles. The van der Waals surface area contributed by atoms with Crippen LogP contribution in [0, 0.1) is 6.92 Å². The number of aromatic nitrogens is 1. The minimum atomic E-state index is -2.68. The lowest BCUT2D eigenvalue weighted by Crippen LogP contribution is -2.29. The number of benzene rings is 1. The number of halogens is 2. The van der Waals surface area contributed by atoms with E-state index in [9.17, 15) is 17.8 Å². The molecule has 1 aromatic heterocycles. The van der Waals surface area contributed by atoms with Gasteiger partial charge in [0.1, 0.15) is 5.82 Å². The molecule has 8 heteroatoms. The molecule has 0 radical (unpaired) electrons. The minimum absolute atomic E-state index is 0.147. The standard InChI is InChI=1S/C20H23F2N3O2S/c1-14-7-8-17(18(23-14)25-11-4-9-20(21,22)10-12-25)19(26)24-15-5-3-6-16(13-15)28(2)27/h3,5-8,13H,4,9-12H2,1-2H3,(H,24,26). The third-order valence-corrected chi connectivity index (χ3v) is 5.62. The zero-order chi connectivity index (χ0) is 20.3. The summed E-state index contributed by atoms with van der Waals surface area (Å²) in [6.45, 7) is 2.38. The van der Waals surface area contributed by atoms with E-state index >= 15 is 0 Å². The lowest BCUT2D eigenvalue weighted by atomic mass is 10.1. The number of rotatable bonds is 4. The van der Waals surface area contributed by atoms with Gasteiger partial charge in [-0.05, 0) is 43.7 Å². The van der Waals surface area contributed by atoms with Crippen molar-refractivity contribution in [1.82, 2.24) is 4.98 Å². The molecule has 2 aromatic rings. The van der Waals surface area contributed by atoms with Crippen LogP contribution in [0.4, 0.5) is 20.3 Å². The molecule has 1 aliphatic rings. The van der Waals surface area contributed by atoms with Crippen LogP contribution in [0.25, 0.3) is 0 Å². The second-order valence-electron chi connectivity index (χ2n) is 6.96. The van der Waals surface area contributed by atoms with Crippen molar-refractivity contribution in [2.75, 3.05) is 29.6 Å². The molecule has 1 unspecified atom stereocenters. The topological polar surface area (TPSA) is 62.3 Å². The maximum absolute atomic E-state index is 13.7. The molecule has 150 valence electrons. The van der Waals surface area contributed by atoms with Gasteiger partial charge in [0.15, 0.2) is 0 Å². The Morgan fingerprint density at radius 1 is 1.21 bits per heavy atom. The van der Waals surface area contributed by atoms with E-state index in [-0.39, 0.29) is 25.3 Å². The predicted molar refractivity (Wildman–Crippen MR) is 107 cm³/mol. The zero-order valence-corrected chi connectivity index (χ0v) is 16.7. The maximum atomic E-state index is 13.7. The van der Waals surface area contributed by atoms with Gasteiger partial charge >= 0.3 is 0 Å². The Kier molecular flexibility index (Phi) is 6.07. The van der Waals surface area contributed by atoms with E-state index in [2.05, 4.69) is 10.3 Å². The Labute approximate surface area is 165 Å². The van der Waals surface area contributed by atoms with Crippen molar-refractivity contribution >= 4 is 28.2 Å². The summed E-state index contributed by atoms with van der Waals surface area (Å²) in [4.78, 5) is 19.7. The number of amides is 1. The molecule has 5 nitrogen and oxygen atoms in total. The minimum Gasteiger partial charge on any atom is -0.356 e. The van der Waals surface area contributed by atoms with Gasteiger partial charge in [0.25, 0.3) is 5.91 Å². The van der Waals surface area contributed by atoms with Crippen molar-refractivity contribution in [2.45, 2.75) is 37.0 Å². The first-order valence-electron chi connectivity index (χ1n) is 9.10. The summed E-state index contributed by atoms with van der Waals surface area (Å²) in [6.07, 6.45) is 1.50. The van der Waals surface area contributed by atoms with Crippen molar-refractivity contribution in [3.8, 4) is 0 Å². The van der Waals surface area contributed by atoms with Gasteiger partial charge in [0, 0.05) is 59.3 Å². The van der Waals surface area contributed by atoms with Gasteiger partial charge in [-0.3, -0.25) is 9.00 Å². The summed E-state index contributed by atoms with van der Waals surface area (Å²) in [5.41, 5.74) is 1.57. The average Bonchev–Trinajstić information content (AvgIpc) is 2.82. The van der Waals surface area contributed by atoms with E-state index in [1.54, 1.807) is 54.5 Å². The third-order valence-electron chi connectivity index (χ3n) is 4.70. The summed E-state index contributed by atoms with van der Waals surface area (Å²) < 4.78 is 39.1. The molecular weight excluding hydrogens is 384 g/mol. The quantitative estimate of drug-likeness (QED) is 0.832. The molecule has 1 fully saturated rings. The number of alkyl halides is 2. The largest absolute Gasteiger partial charge is 0.356 e. The maximum Gasteiger partial charge on any atom is 0.259 e. The highest BCUT2D eigenvalue weighted by molar-refractivity contribution is 7.84. The van der Waals surface area contributed by atoms with Crippen molar-refractivity contribution in [2.24, 2.45) is 0 Å². The summed E-state index contributed by atoms with van der Waals surface area (Å²) >= 11 is 0. The number of carbonyl (C=O) groups excluding carboxylic acids is 1. The molecule has 1 aliphatic heterocycles. The Balaban J connectivity index is 1.86. The van der Waals surface area contributed by atoms with Crippen LogP contribution < -0.4 is 10.2 Å². The lowest BCUT2D eigenvalue weighted by molar-refractivity contribution is -0.0102. The molecule has 1 amide bonds. The Bertz CT molecular complexity index is 905. The number of anilines is 2. The summed E-state index contributed by atoms with van der Waals surface area (Å²) in [7, 11) is -1.16. The first-order chi connectivity index (χ1) is 13.2. The molecule has 1 saturated heterocycles. The second kappa shape index (κ2) is 8.34. The number of aryl methyl sites for hydroxylation is 1. The first-order valence-corrected chi connectivity index (χ1v) is 10.7. The highest BCUT2D eigenvalue weighted by atomic mass is 32.2. The van der Waals surface area contributed by atoms with Gasteiger partial charge in [-0.15, -0.1) is 0 Å². The van der Waals surface area contributed by atoms with Crippen molar-refractivity contribution < 1.29 is 17.8 Å². The lowest BCUT2D eigenvalue weighted by Gasteiger charge is -2.24. The van der Waals surface area contributed by atoms with E-state index in [1.807, 2.05) is 0 Å². The summed E-state index contributed by atoms with van der Waals surface area (Å²) in [5.74, 6) is -2.64. The molecular formula is C20H23F2N3O2S. The summed E-state index contributed by atoms with van der Waals surface area (Å²) in [5, 5.41) is 2.80. The fraction of sp³-hybridized carbons (Fsp3) is 0.400. The number of hydrogen-bond acceptors (Lipinski definition) is 4. The van der Waals surface area contributed by atoms with Gasteiger partial charge in [-0.1, -0.05) is 6.07 Å². The smallest absolute Gasteiger partial charge is 0.259 e. The first kappa shape index (κ1) is 20.4. The Hall–Kier alpha value is -2.35. The van der Waals surface area contributed by atoms with Crippen molar-refractivity contribution in [1.29, 1.82) is 0 Å². The predicted octanol–water partition coefficient (Wildman–Crippen LogP) is 4.01. The van der Waals surface area contributed by atoms with Crippen molar-refractivity contribution in [3.05, 3.63) is 47.7 Å². The third kappa shape index (κ3) is 4.92. The van der Waals surface area contributed by atoms with Gasteiger partial charge in [-0.25, -0.2) is 13.8 Å². The second-order valence-corrected chi connectivity index (χ2v) is 8.34. The van der Waals surface area contributed by atoms with E-state index in [0.717, 1.165) is 0 Å². The Morgan fingerprint density at radius 2 is 2.00 bits per heavy atom. The van der Waals surface area contributed by atoms with Crippen LogP contribution in [0.3, 0.4) is 0 Å². The van der Waals surface area contributed by atoms with Gasteiger partial charge in [0.05, 0.1) is 5.56 Å². The SMILES string of the molecule is Cc1ccc(C(=O)Nc2cccc(S(C)=O)c2)c(N2CCCC(F)(F)CC2)n1. The molecule has 1 N–H and O–H groups in total. The molecule has 1 aromatic carbocycles. The van der Waals surface area contributed by atoms with Gasteiger partial charge in [0.2, 0.25) is 5.92 Å². The summed E-state index contributed by atoms with van der Waals surface area (Å²) in [6, 6.07) is 10.2. The van der Waals surface area contributed by atoms with Gasteiger partial charge < -0.3 is 10.2 Å². The number of hydrogen-bond donors (Lipinski definition) is 1. The van der Waals surface area contributed by atoms with Crippen LogP contribution in [-0.4, -0.2) is 40.4 Å². The molecule has 3 rings (SSSR count). The monoisotopic (exact) mass is 407 g/mol. The number of pyridine rings is 1. The number of nitrogens with zero attached hydrogens (tertiary/aromatic N) is 2. The normalized spacial score (nSPS) is 17.6. The highest BCUT2D eigenvalue weighted by Gasteiger charge is 2.33. The van der Waals surface area contributed by atoms with Crippen LogP contribution in [0.15, 0.2) is 41.3 Å². The molecule has 0 saturated carbocycles. The van der Waals surface area contributed by atoms with E-state index in [4.69, 9.17) is 0 Å². The molecule has 1 atom stereocenters. The van der Waals surface area contributed by atoms with Crippen LogP contribution >= 0.6 is 0 Å². The van der Waals surface area contributed by atoms with E-state index < -0.39 is 16.7 Å². The molecule has 0 aliphatic carbocycles.